The molecule has 0 aliphatic carbocycles. The van der Waals surface area contributed by atoms with Crippen LogP contribution in [0.4, 0.5) is 20.2 Å². The Morgan fingerprint density at radius 2 is 1.93 bits per heavy atom. The van der Waals surface area contributed by atoms with Crippen molar-refractivity contribution in [3.8, 4) is 11.2 Å². The summed E-state index contributed by atoms with van der Waals surface area (Å²) in [7, 11) is -1.02. The van der Waals surface area contributed by atoms with E-state index >= 15 is 0 Å². The molecular weight excluding hydrogens is 382 g/mol. The average Bonchev–Trinajstić information content (AvgIpc) is 2.58. The lowest BCUT2D eigenvalue weighted by Gasteiger charge is -2.28. The van der Waals surface area contributed by atoms with Crippen molar-refractivity contribution in [1.82, 2.24) is 15.6 Å². The predicted molar refractivity (Wildman–Crippen MR) is 110 cm³/mol. The van der Waals surface area contributed by atoms with E-state index in [1.165, 1.54) is 18.3 Å². The normalized spacial score (nSPS) is 14.5. The van der Waals surface area contributed by atoms with E-state index in [0.29, 0.717) is 18.7 Å². The van der Waals surface area contributed by atoms with Gasteiger partial charge in [0.2, 0.25) is 0 Å². The van der Waals surface area contributed by atoms with Crippen molar-refractivity contribution in [3.05, 3.63) is 53.4 Å². The van der Waals surface area contributed by atoms with E-state index in [2.05, 4.69) is 50.9 Å². The fraction of sp³-hybridized carbons (Fsp3) is 0.300. The molecule has 1 aliphatic rings. The maximum absolute atomic E-state index is 14.5. The number of hydrogen-bond donors (Lipinski definition) is 3. The highest BCUT2D eigenvalue weighted by molar-refractivity contribution is 8.35. The standard InChI is InChI=1S/C20H22F2N4OS/c1-28(2,3)7-6-13-4-5-17(15(21)8-13)26-18-12-24-11-16(22)19(18)20(27)25-14-9-23-10-14/h4-5,8,11-12,14,23,26H,9-10H2,1-3H3,(H,25,27). The molecule has 2 aromatic rings. The van der Waals surface area contributed by atoms with Gasteiger partial charge in [-0.2, -0.15) is 10.0 Å². The summed E-state index contributed by atoms with van der Waals surface area (Å²) in [4.78, 5) is 16.2. The first kappa shape index (κ1) is 20.1. The molecule has 0 spiro atoms. The van der Waals surface area contributed by atoms with Crippen LogP contribution in [-0.4, -0.2) is 48.8 Å². The molecule has 1 fully saturated rings. The Balaban J connectivity index is 1.84. The van der Waals surface area contributed by atoms with Crippen LogP contribution >= 0.6 is 10.0 Å². The first-order chi connectivity index (χ1) is 13.2. The average molecular weight is 404 g/mol. The quantitative estimate of drug-likeness (QED) is 0.686. The first-order valence-electron chi connectivity index (χ1n) is 8.66. The summed E-state index contributed by atoms with van der Waals surface area (Å²) < 4.78 is 28.8. The number of anilines is 2. The van der Waals surface area contributed by atoms with Crippen molar-refractivity contribution >= 4 is 27.3 Å². The van der Waals surface area contributed by atoms with E-state index in [4.69, 9.17) is 0 Å². The minimum atomic E-state index is -1.02. The Hall–Kier alpha value is -2.63. The van der Waals surface area contributed by atoms with Gasteiger partial charge in [0.1, 0.15) is 11.4 Å². The van der Waals surface area contributed by atoms with E-state index in [9.17, 15) is 13.6 Å². The molecule has 0 radical (unpaired) electrons. The van der Waals surface area contributed by atoms with Gasteiger partial charge in [0.05, 0.1) is 29.8 Å². The van der Waals surface area contributed by atoms with Gasteiger partial charge in [-0.25, -0.2) is 8.78 Å². The van der Waals surface area contributed by atoms with Gasteiger partial charge in [-0.15, -0.1) is 0 Å². The third-order valence-electron chi connectivity index (χ3n) is 3.98. The van der Waals surface area contributed by atoms with Gasteiger partial charge in [0, 0.05) is 18.7 Å². The third-order valence-corrected chi connectivity index (χ3v) is 4.70. The van der Waals surface area contributed by atoms with Gasteiger partial charge in [-0.1, -0.05) is 5.92 Å². The molecule has 3 rings (SSSR count). The zero-order valence-electron chi connectivity index (χ0n) is 15.9. The van der Waals surface area contributed by atoms with E-state index in [1.807, 2.05) is 0 Å². The highest BCUT2D eigenvalue weighted by Crippen LogP contribution is 2.32. The molecule has 1 aromatic carbocycles. The van der Waals surface area contributed by atoms with Crippen LogP contribution in [0.25, 0.3) is 0 Å². The summed E-state index contributed by atoms with van der Waals surface area (Å²) in [6.07, 6.45) is 8.41. The van der Waals surface area contributed by atoms with Gasteiger partial charge in [-0.3, -0.25) is 9.78 Å². The highest BCUT2D eigenvalue weighted by Gasteiger charge is 2.24. The third kappa shape index (κ3) is 5.00. The summed E-state index contributed by atoms with van der Waals surface area (Å²) in [5.41, 5.74) is 0.571. The summed E-state index contributed by atoms with van der Waals surface area (Å²) in [5, 5.41) is 11.7. The van der Waals surface area contributed by atoms with Crippen molar-refractivity contribution in [2.24, 2.45) is 0 Å². The van der Waals surface area contributed by atoms with E-state index in [-0.39, 0.29) is 23.0 Å². The molecule has 28 heavy (non-hydrogen) atoms. The number of carbonyl (C=O) groups is 1. The highest BCUT2D eigenvalue weighted by atomic mass is 32.3. The largest absolute Gasteiger partial charge is 0.351 e. The van der Waals surface area contributed by atoms with Crippen molar-refractivity contribution in [3.63, 3.8) is 0 Å². The maximum Gasteiger partial charge on any atom is 0.256 e. The Morgan fingerprint density at radius 3 is 2.54 bits per heavy atom. The van der Waals surface area contributed by atoms with Crippen LogP contribution in [-0.2, 0) is 0 Å². The lowest BCUT2D eigenvalue weighted by Crippen LogP contribution is -2.57. The molecule has 3 N–H and O–H groups in total. The fourth-order valence-electron chi connectivity index (χ4n) is 2.46. The number of nitrogens with one attached hydrogen (secondary N) is 3. The second-order valence-electron chi connectivity index (χ2n) is 7.26. The van der Waals surface area contributed by atoms with Crippen molar-refractivity contribution in [1.29, 1.82) is 0 Å². The summed E-state index contributed by atoms with van der Waals surface area (Å²) >= 11 is 0. The van der Waals surface area contributed by atoms with Gasteiger partial charge in [0.15, 0.2) is 5.82 Å². The molecule has 5 nitrogen and oxygen atoms in total. The Morgan fingerprint density at radius 1 is 1.18 bits per heavy atom. The van der Waals surface area contributed by atoms with Crippen LogP contribution in [0.1, 0.15) is 15.9 Å². The molecule has 0 bridgehead atoms. The van der Waals surface area contributed by atoms with Gasteiger partial charge >= 0.3 is 0 Å². The molecule has 0 atom stereocenters. The maximum atomic E-state index is 14.5. The Bertz CT molecular complexity index is 959. The molecule has 1 saturated heterocycles. The molecular formula is C20H22F2N4OS. The number of pyridine rings is 1. The summed E-state index contributed by atoms with van der Waals surface area (Å²) in [6, 6.07) is 4.45. The van der Waals surface area contributed by atoms with Gasteiger partial charge in [0.25, 0.3) is 5.91 Å². The molecule has 1 amide bonds. The summed E-state index contributed by atoms with van der Waals surface area (Å²) in [5.74, 6) is 1.08. The monoisotopic (exact) mass is 404 g/mol. The van der Waals surface area contributed by atoms with Crippen LogP contribution in [0.5, 0.6) is 0 Å². The smallest absolute Gasteiger partial charge is 0.256 e. The molecule has 148 valence electrons. The second kappa shape index (κ2) is 8.17. The van der Waals surface area contributed by atoms with Crippen LogP contribution in [0.3, 0.4) is 0 Å². The van der Waals surface area contributed by atoms with Crippen LogP contribution in [0.15, 0.2) is 30.6 Å². The number of benzene rings is 1. The zero-order valence-corrected chi connectivity index (χ0v) is 16.7. The lowest BCUT2D eigenvalue weighted by atomic mass is 10.1. The number of nitrogens with zero attached hydrogens (tertiary/aromatic N) is 1. The first-order valence-corrected chi connectivity index (χ1v) is 11.5. The van der Waals surface area contributed by atoms with Gasteiger partial charge < -0.3 is 16.0 Å². The second-order valence-corrected chi connectivity index (χ2v) is 11.1. The molecule has 1 aromatic heterocycles. The van der Waals surface area contributed by atoms with Crippen LogP contribution < -0.4 is 16.0 Å². The van der Waals surface area contributed by atoms with Crippen molar-refractivity contribution in [2.45, 2.75) is 6.04 Å². The van der Waals surface area contributed by atoms with E-state index in [1.54, 1.807) is 6.07 Å². The minimum absolute atomic E-state index is 0.0487. The number of rotatable bonds is 4. The predicted octanol–water partition coefficient (Wildman–Crippen LogP) is 2.81. The number of aromatic nitrogens is 1. The Kier molecular flexibility index (Phi) is 5.87. The Labute approximate surface area is 164 Å². The lowest BCUT2D eigenvalue weighted by molar-refractivity contribution is 0.0920. The molecule has 1 aliphatic heterocycles. The fourth-order valence-corrected chi connectivity index (χ4v) is 2.88. The molecule has 0 saturated carbocycles. The topological polar surface area (TPSA) is 66.0 Å². The van der Waals surface area contributed by atoms with Crippen LogP contribution in [0.2, 0.25) is 0 Å². The number of amides is 1. The number of hydrogen-bond acceptors (Lipinski definition) is 4. The zero-order chi connectivity index (χ0) is 20.3. The van der Waals surface area contributed by atoms with Crippen molar-refractivity contribution < 1.29 is 13.6 Å². The SMILES string of the molecule is CS(C)(C)C#Cc1ccc(Nc2cncc(F)c2C(=O)NC2CNC2)c(F)c1. The van der Waals surface area contributed by atoms with Crippen molar-refractivity contribution in [2.75, 3.05) is 37.2 Å². The van der Waals surface area contributed by atoms with Crippen LogP contribution in [0, 0.1) is 22.8 Å². The molecule has 2 heterocycles. The van der Waals surface area contributed by atoms with Gasteiger partial charge in [-0.05, 0) is 42.2 Å². The van der Waals surface area contributed by atoms with E-state index in [0.717, 1.165) is 6.20 Å². The number of halogens is 2. The van der Waals surface area contributed by atoms with E-state index < -0.39 is 27.6 Å². The summed E-state index contributed by atoms with van der Waals surface area (Å²) in [6.45, 7) is 1.27. The molecule has 0 unspecified atom stereocenters. The number of carbonyl (C=O) groups excluding carboxylic acids is 1. The minimum Gasteiger partial charge on any atom is -0.351 e. The molecule has 8 heteroatoms.